The maximum Gasteiger partial charge on any atom is 0.417 e. The molecule has 2 aliphatic heterocycles. The fourth-order valence-electron chi connectivity index (χ4n) is 1.60. The van der Waals surface area contributed by atoms with Gasteiger partial charge in [0.05, 0.1) is 13.2 Å². The maximum absolute atomic E-state index is 11.8. The predicted octanol–water partition coefficient (Wildman–Crippen LogP) is 0.791. The lowest BCUT2D eigenvalue weighted by Gasteiger charge is -2.31. The monoisotopic (exact) mass is 228 g/mol. The SMILES string of the molecule is O=C1OCCCN1C(=O)N1CCCOC1=O. The molecule has 7 heteroatoms. The summed E-state index contributed by atoms with van der Waals surface area (Å²) in [6, 6.07) is -0.658. The van der Waals surface area contributed by atoms with Crippen LogP contribution in [-0.2, 0) is 9.47 Å². The number of cyclic esters (lactones) is 2. The summed E-state index contributed by atoms with van der Waals surface area (Å²) in [5, 5.41) is 0. The van der Waals surface area contributed by atoms with Crippen molar-refractivity contribution in [3.63, 3.8) is 0 Å². The van der Waals surface area contributed by atoms with Gasteiger partial charge in [0.2, 0.25) is 0 Å². The van der Waals surface area contributed by atoms with E-state index in [1.165, 1.54) is 0 Å². The molecule has 4 amide bonds. The second kappa shape index (κ2) is 4.38. The highest BCUT2D eigenvalue weighted by Gasteiger charge is 2.35. The second-order valence-corrected chi connectivity index (χ2v) is 3.52. The third-order valence-corrected chi connectivity index (χ3v) is 2.41. The Morgan fingerprint density at radius 3 is 1.75 bits per heavy atom. The van der Waals surface area contributed by atoms with Crippen LogP contribution in [0.4, 0.5) is 14.4 Å². The molecule has 0 bridgehead atoms. The Hall–Kier alpha value is -1.79. The first-order valence-corrected chi connectivity index (χ1v) is 5.12. The number of hydrogen-bond acceptors (Lipinski definition) is 5. The molecule has 0 aromatic carbocycles. The van der Waals surface area contributed by atoms with Gasteiger partial charge in [-0.25, -0.2) is 24.2 Å². The average molecular weight is 228 g/mol. The standard InChI is InChI=1S/C9H12N2O5/c12-7(10-3-1-5-15-8(10)13)11-4-2-6-16-9(11)14/h1-6H2. The summed E-state index contributed by atoms with van der Waals surface area (Å²) in [6.07, 6.45) is -0.231. The van der Waals surface area contributed by atoms with Gasteiger partial charge in [-0.2, -0.15) is 0 Å². The van der Waals surface area contributed by atoms with Crippen LogP contribution in [-0.4, -0.2) is 54.3 Å². The van der Waals surface area contributed by atoms with Crippen LogP contribution in [0.3, 0.4) is 0 Å². The van der Waals surface area contributed by atoms with Crippen molar-refractivity contribution in [1.29, 1.82) is 0 Å². The van der Waals surface area contributed by atoms with E-state index in [1.807, 2.05) is 0 Å². The average Bonchev–Trinajstić information content (AvgIpc) is 2.29. The molecule has 88 valence electrons. The summed E-state index contributed by atoms with van der Waals surface area (Å²) in [5.41, 5.74) is 0. The molecule has 2 heterocycles. The summed E-state index contributed by atoms with van der Waals surface area (Å²) >= 11 is 0. The molecule has 7 nitrogen and oxygen atoms in total. The first-order chi connectivity index (χ1) is 7.70. The Bertz CT molecular complexity index is 300. The quantitative estimate of drug-likeness (QED) is 0.612. The first-order valence-electron chi connectivity index (χ1n) is 5.12. The van der Waals surface area contributed by atoms with Gasteiger partial charge in [0.25, 0.3) is 0 Å². The number of ether oxygens (including phenoxy) is 2. The number of imide groups is 2. The van der Waals surface area contributed by atoms with Crippen molar-refractivity contribution in [2.24, 2.45) is 0 Å². The zero-order valence-electron chi connectivity index (χ0n) is 8.68. The number of amides is 4. The summed E-state index contributed by atoms with van der Waals surface area (Å²) in [6.45, 7) is 1.18. The lowest BCUT2D eigenvalue weighted by Crippen LogP contribution is -2.53. The van der Waals surface area contributed by atoms with Crippen molar-refractivity contribution in [1.82, 2.24) is 9.80 Å². The van der Waals surface area contributed by atoms with Gasteiger partial charge < -0.3 is 9.47 Å². The lowest BCUT2D eigenvalue weighted by molar-refractivity contribution is 0.0563. The number of urea groups is 1. The lowest BCUT2D eigenvalue weighted by atomic mass is 10.3. The Labute approximate surface area is 91.9 Å². The molecule has 0 saturated carbocycles. The number of carbonyl (C=O) groups excluding carboxylic acids is 3. The van der Waals surface area contributed by atoms with E-state index in [0.717, 1.165) is 9.80 Å². The fourth-order valence-corrected chi connectivity index (χ4v) is 1.60. The summed E-state index contributed by atoms with van der Waals surface area (Å²) in [4.78, 5) is 36.3. The third-order valence-electron chi connectivity index (χ3n) is 2.41. The van der Waals surface area contributed by atoms with Gasteiger partial charge >= 0.3 is 18.2 Å². The largest absolute Gasteiger partial charge is 0.449 e. The molecule has 16 heavy (non-hydrogen) atoms. The van der Waals surface area contributed by atoms with E-state index < -0.39 is 18.2 Å². The zero-order chi connectivity index (χ0) is 11.5. The molecule has 0 spiro atoms. The number of hydrogen-bond donors (Lipinski definition) is 0. The molecule has 0 aromatic rings. The van der Waals surface area contributed by atoms with E-state index in [1.54, 1.807) is 0 Å². The molecule has 0 unspecified atom stereocenters. The van der Waals surface area contributed by atoms with Gasteiger partial charge in [0.1, 0.15) is 0 Å². The van der Waals surface area contributed by atoms with Crippen molar-refractivity contribution in [2.45, 2.75) is 12.8 Å². The van der Waals surface area contributed by atoms with Crippen molar-refractivity contribution in [2.75, 3.05) is 26.3 Å². The minimum Gasteiger partial charge on any atom is -0.449 e. The molecule has 0 radical (unpaired) electrons. The van der Waals surface area contributed by atoms with Gasteiger partial charge in [0.15, 0.2) is 0 Å². The molecular weight excluding hydrogens is 216 g/mol. The molecular formula is C9H12N2O5. The molecule has 2 aliphatic rings. The molecule has 2 fully saturated rings. The molecule has 0 aromatic heterocycles. The number of nitrogens with zero attached hydrogens (tertiary/aromatic N) is 2. The van der Waals surface area contributed by atoms with Gasteiger partial charge in [0, 0.05) is 13.1 Å². The minimum atomic E-state index is -0.699. The van der Waals surface area contributed by atoms with E-state index in [-0.39, 0.29) is 13.1 Å². The Morgan fingerprint density at radius 2 is 1.38 bits per heavy atom. The zero-order valence-corrected chi connectivity index (χ0v) is 8.68. The fraction of sp³-hybridized carbons (Fsp3) is 0.667. The van der Waals surface area contributed by atoms with Gasteiger partial charge in [-0.3, -0.25) is 0 Å². The second-order valence-electron chi connectivity index (χ2n) is 3.52. The maximum atomic E-state index is 11.8. The highest BCUT2D eigenvalue weighted by Crippen LogP contribution is 2.12. The van der Waals surface area contributed by atoms with Gasteiger partial charge in [-0.15, -0.1) is 0 Å². The third kappa shape index (κ3) is 1.93. The van der Waals surface area contributed by atoms with Crippen molar-refractivity contribution in [3.8, 4) is 0 Å². The summed E-state index contributed by atoms with van der Waals surface area (Å²) in [5.74, 6) is 0. The molecule has 0 atom stereocenters. The molecule has 2 saturated heterocycles. The van der Waals surface area contributed by atoms with Crippen LogP contribution in [0.5, 0.6) is 0 Å². The Balaban J connectivity index is 2.05. The summed E-state index contributed by atoms with van der Waals surface area (Å²) in [7, 11) is 0. The van der Waals surface area contributed by atoms with Crippen molar-refractivity contribution < 1.29 is 23.9 Å². The normalized spacial score (nSPS) is 21.5. The summed E-state index contributed by atoms with van der Waals surface area (Å²) < 4.78 is 9.45. The van der Waals surface area contributed by atoms with Crippen LogP contribution in [0.2, 0.25) is 0 Å². The highest BCUT2D eigenvalue weighted by atomic mass is 16.6. The van der Waals surface area contributed by atoms with Crippen LogP contribution in [0.15, 0.2) is 0 Å². The van der Waals surface area contributed by atoms with E-state index in [2.05, 4.69) is 0 Å². The van der Waals surface area contributed by atoms with Crippen molar-refractivity contribution in [3.05, 3.63) is 0 Å². The molecule has 0 N–H and O–H groups in total. The van der Waals surface area contributed by atoms with Gasteiger partial charge in [-0.05, 0) is 12.8 Å². The highest BCUT2D eigenvalue weighted by molar-refractivity contribution is 5.98. The Morgan fingerprint density at radius 1 is 0.938 bits per heavy atom. The van der Waals surface area contributed by atoms with Crippen LogP contribution in [0.1, 0.15) is 12.8 Å². The smallest absolute Gasteiger partial charge is 0.417 e. The van der Waals surface area contributed by atoms with Crippen LogP contribution in [0, 0.1) is 0 Å². The van der Waals surface area contributed by atoms with Crippen molar-refractivity contribution >= 4 is 18.2 Å². The van der Waals surface area contributed by atoms with Gasteiger partial charge in [-0.1, -0.05) is 0 Å². The van der Waals surface area contributed by atoms with E-state index in [4.69, 9.17) is 9.47 Å². The van der Waals surface area contributed by atoms with Crippen LogP contribution >= 0.6 is 0 Å². The topological polar surface area (TPSA) is 76.2 Å². The Kier molecular flexibility index (Phi) is 2.93. The number of carbonyl (C=O) groups is 3. The first kappa shape index (κ1) is 10.7. The minimum absolute atomic E-state index is 0.279. The molecule has 2 rings (SSSR count). The number of rotatable bonds is 0. The molecule has 0 aliphatic carbocycles. The van der Waals surface area contributed by atoms with Crippen LogP contribution < -0.4 is 0 Å². The van der Waals surface area contributed by atoms with Crippen LogP contribution in [0.25, 0.3) is 0 Å². The van der Waals surface area contributed by atoms with E-state index in [0.29, 0.717) is 26.1 Å². The predicted molar refractivity (Wildman–Crippen MR) is 50.7 cm³/mol. The van der Waals surface area contributed by atoms with E-state index in [9.17, 15) is 14.4 Å². The van der Waals surface area contributed by atoms with E-state index >= 15 is 0 Å².